The third-order valence-corrected chi connectivity index (χ3v) is 4.04. The maximum absolute atomic E-state index is 5.89. The van der Waals surface area contributed by atoms with Crippen LogP contribution in [0.25, 0.3) is 0 Å². The Bertz CT molecular complexity index is 390. The van der Waals surface area contributed by atoms with Crippen molar-refractivity contribution in [3.8, 4) is 0 Å². The number of hydrogen-bond donors (Lipinski definition) is 3. The van der Waals surface area contributed by atoms with Crippen molar-refractivity contribution in [1.29, 1.82) is 0 Å². The first-order valence-corrected chi connectivity index (χ1v) is 6.42. The van der Waals surface area contributed by atoms with Gasteiger partial charge in [-0.25, -0.2) is 4.98 Å². The third-order valence-electron chi connectivity index (χ3n) is 4.04. The molecule has 0 amide bonds. The Hall–Kier alpha value is -1.17. The van der Waals surface area contributed by atoms with Crippen LogP contribution < -0.4 is 17.0 Å². The summed E-state index contributed by atoms with van der Waals surface area (Å²) < 4.78 is 5.76. The van der Waals surface area contributed by atoms with E-state index in [-0.39, 0.29) is 11.6 Å². The van der Waals surface area contributed by atoms with Crippen LogP contribution in [-0.2, 0) is 11.2 Å². The summed E-state index contributed by atoms with van der Waals surface area (Å²) in [4.78, 5) is 4.11. The average molecular weight is 250 g/mol. The molecule has 5 N–H and O–H groups in total. The van der Waals surface area contributed by atoms with Crippen molar-refractivity contribution >= 4 is 5.82 Å². The first kappa shape index (κ1) is 13.3. The van der Waals surface area contributed by atoms with Gasteiger partial charge in [0.05, 0.1) is 11.6 Å². The fourth-order valence-corrected chi connectivity index (χ4v) is 2.91. The van der Waals surface area contributed by atoms with Gasteiger partial charge in [-0.05, 0) is 30.9 Å². The molecule has 0 aromatic carbocycles. The van der Waals surface area contributed by atoms with Crippen LogP contribution >= 0.6 is 0 Å². The summed E-state index contributed by atoms with van der Waals surface area (Å²) in [5, 5.41) is 0. The molecule has 2 rings (SSSR count). The zero-order chi connectivity index (χ0) is 13.0. The van der Waals surface area contributed by atoms with Crippen LogP contribution in [0.4, 0.5) is 5.82 Å². The standard InChI is InChI=1S/C13H22N4O/c1-18-13(6-2-3-7-13)11(17-15)9-10-5-4-8-16-12(10)14/h4-5,8,11,17H,2-3,6-7,9,15H2,1H3,(H2,14,16). The number of methoxy groups -OCH3 is 1. The second-order valence-electron chi connectivity index (χ2n) is 4.95. The molecule has 0 aliphatic heterocycles. The highest BCUT2D eigenvalue weighted by Crippen LogP contribution is 2.36. The van der Waals surface area contributed by atoms with E-state index in [1.54, 1.807) is 13.3 Å². The van der Waals surface area contributed by atoms with Crippen molar-refractivity contribution in [2.75, 3.05) is 12.8 Å². The van der Waals surface area contributed by atoms with Crippen molar-refractivity contribution in [2.24, 2.45) is 5.84 Å². The van der Waals surface area contributed by atoms with Gasteiger partial charge < -0.3 is 10.5 Å². The van der Waals surface area contributed by atoms with Crippen LogP contribution in [0, 0.1) is 0 Å². The molecular formula is C13H22N4O. The molecular weight excluding hydrogens is 228 g/mol. The van der Waals surface area contributed by atoms with Gasteiger partial charge in [0.2, 0.25) is 0 Å². The monoisotopic (exact) mass is 250 g/mol. The Morgan fingerprint density at radius 3 is 2.78 bits per heavy atom. The number of nitrogens with zero attached hydrogens (tertiary/aromatic N) is 1. The molecule has 1 atom stereocenters. The van der Waals surface area contributed by atoms with Crippen LogP contribution in [0.1, 0.15) is 31.2 Å². The number of nitrogens with one attached hydrogen (secondary N) is 1. The molecule has 18 heavy (non-hydrogen) atoms. The van der Waals surface area contributed by atoms with E-state index in [4.69, 9.17) is 16.3 Å². The summed E-state index contributed by atoms with van der Waals surface area (Å²) in [6.45, 7) is 0. The molecule has 5 nitrogen and oxygen atoms in total. The number of hydrogen-bond acceptors (Lipinski definition) is 5. The lowest BCUT2D eigenvalue weighted by molar-refractivity contribution is -0.0355. The van der Waals surface area contributed by atoms with E-state index in [1.165, 1.54) is 12.8 Å². The highest BCUT2D eigenvalue weighted by Gasteiger charge is 2.41. The quantitative estimate of drug-likeness (QED) is 0.536. The van der Waals surface area contributed by atoms with Crippen LogP contribution in [0.2, 0.25) is 0 Å². The number of aromatic nitrogens is 1. The number of ether oxygens (including phenoxy) is 1. The molecule has 0 spiro atoms. The van der Waals surface area contributed by atoms with E-state index in [0.29, 0.717) is 5.82 Å². The fourth-order valence-electron chi connectivity index (χ4n) is 2.91. The summed E-state index contributed by atoms with van der Waals surface area (Å²) in [6, 6.07) is 3.95. The molecule has 1 unspecified atom stereocenters. The lowest BCUT2D eigenvalue weighted by atomic mass is 9.88. The zero-order valence-corrected chi connectivity index (χ0v) is 10.9. The van der Waals surface area contributed by atoms with Crippen LogP contribution in [0.3, 0.4) is 0 Å². The first-order chi connectivity index (χ1) is 8.72. The van der Waals surface area contributed by atoms with Gasteiger partial charge in [-0.3, -0.25) is 11.3 Å². The number of nitrogen functional groups attached to an aromatic ring is 1. The number of nitrogens with two attached hydrogens (primary N) is 2. The van der Waals surface area contributed by atoms with Gasteiger partial charge in [-0.15, -0.1) is 0 Å². The SMILES string of the molecule is COC1(C(Cc2cccnc2N)NN)CCCC1. The van der Waals surface area contributed by atoms with Gasteiger partial charge in [0.25, 0.3) is 0 Å². The van der Waals surface area contributed by atoms with Gasteiger partial charge in [-0.2, -0.15) is 0 Å². The molecule has 0 saturated heterocycles. The van der Waals surface area contributed by atoms with Crippen LogP contribution in [0.5, 0.6) is 0 Å². The summed E-state index contributed by atoms with van der Waals surface area (Å²) in [5.41, 5.74) is 9.64. The molecule has 1 heterocycles. The normalized spacial score (nSPS) is 19.9. The minimum absolute atomic E-state index is 0.0662. The summed E-state index contributed by atoms with van der Waals surface area (Å²) >= 11 is 0. The minimum Gasteiger partial charge on any atom is -0.383 e. The molecule has 0 radical (unpaired) electrons. The highest BCUT2D eigenvalue weighted by atomic mass is 16.5. The predicted octanol–water partition coefficient (Wildman–Crippen LogP) is 0.997. The molecule has 1 fully saturated rings. The van der Waals surface area contributed by atoms with Crippen molar-refractivity contribution in [3.63, 3.8) is 0 Å². The Balaban J connectivity index is 2.16. The Labute approximate surface area is 108 Å². The van der Waals surface area contributed by atoms with Gasteiger partial charge in [-0.1, -0.05) is 18.9 Å². The molecule has 100 valence electrons. The van der Waals surface area contributed by atoms with Gasteiger partial charge in [0, 0.05) is 13.3 Å². The second kappa shape index (κ2) is 5.65. The highest BCUT2D eigenvalue weighted by molar-refractivity contribution is 5.39. The third kappa shape index (κ3) is 2.48. The summed E-state index contributed by atoms with van der Waals surface area (Å²) in [6.07, 6.45) is 6.90. The fraction of sp³-hybridized carbons (Fsp3) is 0.615. The maximum Gasteiger partial charge on any atom is 0.126 e. The van der Waals surface area contributed by atoms with Crippen molar-refractivity contribution in [2.45, 2.75) is 43.7 Å². The van der Waals surface area contributed by atoms with Crippen LogP contribution in [-0.4, -0.2) is 23.7 Å². The van der Waals surface area contributed by atoms with E-state index in [2.05, 4.69) is 10.4 Å². The number of hydrazine groups is 1. The Morgan fingerprint density at radius 1 is 1.50 bits per heavy atom. The molecule has 1 saturated carbocycles. The topological polar surface area (TPSA) is 86.2 Å². The molecule has 1 aromatic heterocycles. The average Bonchev–Trinajstić information content (AvgIpc) is 2.88. The molecule has 0 bridgehead atoms. The number of pyridine rings is 1. The smallest absolute Gasteiger partial charge is 0.126 e. The number of anilines is 1. The van der Waals surface area contributed by atoms with E-state index >= 15 is 0 Å². The summed E-state index contributed by atoms with van der Waals surface area (Å²) in [5.74, 6) is 6.29. The minimum atomic E-state index is -0.170. The van der Waals surface area contributed by atoms with Crippen molar-refractivity contribution in [3.05, 3.63) is 23.9 Å². The predicted molar refractivity (Wildman–Crippen MR) is 71.7 cm³/mol. The van der Waals surface area contributed by atoms with E-state index in [0.717, 1.165) is 24.8 Å². The lowest BCUT2D eigenvalue weighted by Gasteiger charge is -2.36. The Morgan fingerprint density at radius 2 is 2.22 bits per heavy atom. The first-order valence-electron chi connectivity index (χ1n) is 6.42. The lowest BCUT2D eigenvalue weighted by Crippen LogP contribution is -2.54. The largest absolute Gasteiger partial charge is 0.383 e. The van der Waals surface area contributed by atoms with E-state index in [9.17, 15) is 0 Å². The second-order valence-corrected chi connectivity index (χ2v) is 4.95. The van der Waals surface area contributed by atoms with Gasteiger partial charge in [0.1, 0.15) is 5.82 Å². The van der Waals surface area contributed by atoms with Crippen LogP contribution in [0.15, 0.2) is 18.3 Å². The van der Waals surface area contributed by atoms with Crippen molar-refractivity contribution < 1.29 is 4.74 Å². The van der Waals surface area contributed by atoms with E-state index in [1.807, 2.05) is 12.1 Å². The maximum atomic E-state index is 5.89. The Kier molecular flexibility index (Phi) is 4.16. The summed E-state index contributed by atoms with van der Waals surface area (Å²) in [7, 11) is 1.77. The molecule has 1 aliphatic rings. The van der Waals surface area contributed by atoms with Gasteiger partial charge in [0.15, 0.2) is 0 Å². The van der Waals surface area contributed by atoms with Gasteiger partial charge >= 0.3 is 0 Å². The molecule has 1 aliphatic carbocycles. The van der Waals surface area contributed by atoms with E-state index < -0.39 is 0 Å². The molecule has 5 heteroatoms. The number of rotatable bonds is 5. The molecule has 1 aromatic rings. The van der Waals surface area contributed by atoms with Crippen molar-refractivity contribution in [1.82, 2.24) is 10.4 Å². The zero-order valence-electron chi connectivity index (χ0n) is 10.9.